The van der Waals surface area contributed by atoms with Crippen LogP contribution >= 0.6 is 0 Å². The molecule has 1 atom stereocenters. The van der Waals surface area contributed by atoms with Crippen molar-refractivity contribution in [3.8, 4) is 0 Å². The van der Waals surface area contributed by atoms with Crippen LogP contribution in [0.4, 0.5) is 0 Å². The Hall–Kier alpha value is -1.99. The third-order valence-electron chi connectivity index (χ3n) is 3.64. The van der Waals surface area contributed by atoms with Gasteiger partial charge in [-0.05, 0) is 29.5 Å². The Morgan fingerprint density at radius 2 is 2.12 bits per heavy atom. The molecule has 0 amide bonds. The topological polar surface area (TPSA) is 53.5 Å². The van der Waals surface area contributed by atoms with E-state index in [1.807, 2.05) is 18.2 Å². The zero-order chi connectivity index (χ0) is 11.8. The Morgan fingerprint density at radius 3 is 2.94 bits per heavy atom. The van der Waals surface area contributed by atoms with Crippen molar-refractivity contribution in [1.29, 1.82) is 0 Å². The predicted octanol–water partition coefficient (Wildman–Crippen LogP) is 2.28. The Bertz CT molecular complexity index is 580. The molecule has 0 radical (unpaired) electrons. The maximum absolute atomic E-state index is 11.7. The summed E-state index contributed by atoms with van der Waals surface area (Å²) >= 11 is 0. The van der Waals surface area contributed by atoms with Gasteiger partial charge in [-0.3, -0.25) is 4.79 Å². The van der Waals surface area contributed by atoms with Crippen LogP contribution in [-0.2, 0) is 11.2 Å². The maximum atomic E-state index is 11.7. The molecule has 0 heterocycles. The highest BCUT2D eigenvalue weighted by Gasteiger charge is 2.39. The van der Waals surface area contributed by atoms with E-state index in [9.17, 15) is 4.79 Å². The summed E-state index contributed by atoms with van der Waals surface area (Å²) in [6, 6.07) is 8.25. The first-order valence-electron chi connectivity index (χ1n) is 5.84. The molecule has 1 unspecified atom stereocenters. The first kappa shape index (κ1) is 10.2. The molecule has 84 valence electrons. The molecule has 0 spiro atoms. The van der Waals surface area contributed by atoms with E-state index in [2.05, 4.69) is 16.9 Å². The molecular formula is C14H12N2O. The van der Waals surface area contributed by atoms with Crippen molar-refractivity contribution >= 4 is 17.1 Å². The van der Waals surface area contributed by atoms with Gasteiger partial charge in [-0.25, -0.2) is 0 Å². The van der Waals surface area contributed by atoms with E-state index in [-0.39, 0.29) is 11.7 Å². The average molecular weight is 224 g/mol. The number of ketones is 1. The van der Waals surface area contributed by atoms with Crippen LogP contribution in [0.2, 0.25) is 0 Å². The van der Waals surface area contributed by atoms with E-state index in [0.717, 1.165) is 18.4 Å². The molecule has 2 aliphatic rings. The molecule has 0 N–H and O–H groups in total. The molecular weight excluding hydrogens is 212 g/mol. The van der Waals surface area contributed by atoms with Crippen molar-refractivity contribution in [2.45, 2.75) is 19.3 Å². The second kappa shape index (κ2) is 3.79. The van der Waals surface area contributed by atoms with E-state index in [0.29, 0.717) is 12.1 Å². The number of carbonyl (C=O) groups excluding carboxylic acids is 1. The molecule has 3 heteroatoms. The van der Waals surface area contributed by atoms with Crippen LogP contribution in [0.15, 0.2) is 30.3 Å². The van der Waals surface area contributed by atoms with Gasteiger partial charge >= 0.3 is 5.71 Å². The van der Waals surface area contributed by atoms with Crippen LogP contribution in [0, 0.1) is 5.92 Å². The minimum atomic E-state index is -0.0550. The lowest BCUT2D eigenvalue weighted by Crippen LogP contribution is -2.32. The first-order valence-corrected chi connectivity index (χ1v) is 5.84. The maximum Gasteiger partial charge on any atom is 0.342 e. The number of allylic oxidation sites excluding steroid dienone is 2. The molecule has 0 fully saturated rings. The number of carbonyl (C=O) groups is 1. The summed E-state index contributed by atoms with van der Waals surface area (Å²) in [5, 5.41) is 0. The third kappa shape index (κ3) is 1.48. The van der Waals surface area contributed by atoms with Crippen LogP contribution in [-0.4, -0.2) is 16.3 Å². The molecule has 3 nitrogen and oxygen atoms in total. The van der Waals surface area contributed by atoms with Crippen molar-refractivity contribution in [2.24, 2.45) is 5.92 Å². The Balaban J connectivity index is 2.17. The summed E-state index contributed by atoms with van der Waals surface area (Å²) in [7, 11) is 0. The summed E-state index contributed by atoms with van der Waals surface area (Å²) in [6.45, 7) is 0. The van der Waals surface area contributed by atoms with Crippen LogP contribution in [0.3, 0.4) is 0 Å². The van der Waals surface area contributed by atoms with E-state index in [1.165, 1.54) is 11.1 Å². The van der Waals surface area contributed by atoms with Gasteiger partial charge in [0.05, 0.1) is 5.92 Å². The minimum Gasteiger partial charge on any atom is -0.361 e. The number of fused-ring (bicyclic) bond motifs is 3. The zero-order valence-corrected chi connectivity index (χ0v) is 9.39. The van der Waals surface area contributed by atoms with Gasteiger partial charge in [-0.15, -0.1) is 0 Å². The van der Waals surface area contributed by atoms with Crippen LogP contribution in [0.5, 0.6) is 0 Å². The van der Waals surface area contributed by atoms with Gasteiger partial charge in [0.25, 0.3) is 0 Å². The number of hydrogen-bond donors (Lipinski definition) is 0. The lowest BCUT2D eigenvalue weighted by molar-refractivity contribution is -0.117. The Morgan fingerprint density at radius 1 is 1.29 bits per heavy atom. The average Bonchev–Trinajstić information content (AvgIpc) is 2.38. The first-order chi connectivity index (χ1) is 8.31. The lowest BCUT2D eigenvalue weighted by Gasteiger charge is -2.27. The predicted molar refractivity (Wildman–Crippen MR) is 64.5 cm³/mol. The summed E-state index contributed by atoms with van der Waals surface area (Å²) in [4.78, 5) is 14.9. The standard InChI is InChI=1S/C14H12N2O/c15-16-14-12-6-5-9-3-1-2-4-10(9)11(12)7-8-13(14)17/h1-4,7,12H,5-6,8H2. The van der Waals surface area contributed by atoms with Crippen LogP contribution in [0.1, 0.15) is 24.0 Å². The number of rotatable bonds is 0. The van der Waals surface area contributed by atoms with Crippen molar-refractivity contribution in [1.82, 2.24) is 0 Å². The number of hydrogen-bond acceptors (Lipinski definition) is 1. The summed E-state index contributed by atoms with van der Waals surface area (Å²) in [6.07, 6.45) is 4.12. The van der Waals surface area contributed by atoms with Gasteiger partial charge in [0, 0.05) is 6.42 Å². The fourth-order valence-corrected chi connectivity index (χ4v) is 2.83. The molecule has 17 heavy (non-hydrogen) atoms. The molecule has 0 saturated carbocycles. The van der Waals surface area contributed by atoms with Gasteiger partial charge in [-0.2, -0.15) is 4.79 Å². The van der Waals surface area contributed by atoms with Crippen LogP contribution in [0.25, 0.3) is 11.1 Å². The van der Waals surface area contributed by atoms with E-state index < -0.39 is 0 Å². The largest absolute Gasteiger partial charge is 0.361 e. The fraction of sp³-hybridized carbons (Fsp3) is 0.286. The number of nitrogens with zero attached hydrogens (tertiary/aromatic N) is 2. The lowest BCUT2D eigenvalue weighted by atomic mass is 9.73. The molecule has 0 aliphatic heterocycles. The van der Waals surface area contributed by atoms with Crippen molar-refractivity contribution in [2.75, 3.05) is 0 Å². The normalized spacial score (nSPS) is 22.4. The fourth-order valence-electron chi connectivity index (χ4n) is 2.83. The summed E-state index contributed by atoms with van der Waals surface area (Å²) in [5.41, 5.74) is 13.0. The molecule has 0 saturated heterocycles. The van der Waals surface area contributed by atoms with Crippen molar-refractivity contribution in [3.05, 3.63) is 47.0 Å². The highest BCUT2D eigenvalue weighted by atomic mass is 16.1. The number of Topliss-reactive ketones (excluding diaryl/α,β-unsaturated/α-hetero) is 1. The zero-order valence-electron chi connectivity index (χ0n) is 9.39. The van der Waals surface area contributed by atoms with Gasteiger partial charge in [0.15, 0.2) is 0 Å². The molecule has 0 bridgehead atoms. The highest BCUT2D eigenvalue weighted by molar-refractivity contribution is 6.41. The van der Waals surface area contributed by atoms with Gasteiger partial charge < -0.3 is 5.53 Å². The molecule has 2 aliphatic carbocycles. The molecule has 3 rings (SSSR count). The monoisotopic (exact) mass is 224 g/mol. The highest BCUT2D eigenvalue weighted by Crippen LogP contribution is 2.38. The van der Waals surface area contributed by atoms with Gasteiger partial charge in [0.1, 0.15) is 0 Å². The van der Waals surface area contributed by atoms with E-state index >= 15 is 0 Å². The molecule has 1 aromatic carbocycles. The Labute approximate surface area is 99.4 Å². The SMILES string of the molecule is [N-]=[N+]=C1C(=O)CC=C2c3ccccc3CCC21. The summed E-state index contributed by atoms with van der Waals surface area (Å²) < 4.78 is 0. The van der Waals surface area contributed by atoms with Gasteiger partial charge in [0.2, 0.25) is 5.78 Å². The van der Waals surface area contributed by atoms with Crippen molar-refractivity contribution in [3.63, 3.8) is 0 Å². The molecule has 1 aromatic rings. The number of aryl methyl sites for hydroxylation is 1. The van der Waals surface area contributed by atoms with Crippen molar-refractivity contribution < 1.29 is 9.58 Å². The van der Waals surface area contributed by atoms with Gasteiger partial charge in [-0.1, -0.05) is 30.3 Å². The van der Waals surface area contributed by atoms with Crippen LogP contribution < -0.4 is 0 Å². The summed E-state index contributed by atoms with van der Waals surface area (Å²) in [5.74, 6) is -0.0724. The quantitative estimate of drug-likeness (QED) is 0.492. The second-order valence-corrected chi connectivity index (χ2v) is 4.52. The smallest absolute Gasteiger partial charge is 0.342 e. The molecule has 0 aromatic heterocycles. The minimum absolute atomic E-state index is 0.0175. The van der Waals surface area contributed by atoms with E-state index in [4.69, 9.17) is 5.53 Å². The third-order valence-corrected chi connectivity index (χ3v) is 3.64. The second-order valence-electron chi connectivity index (χ2n) is 4.52. The number of benzene rings is 1. The van der Waals surface area contributed by atoms with E-state index in [1.54, 1.807) is 0 Å². The Kier molecular flexibility index (Phi) is 2.27.